The van der Waals surface area contributed by atoms with Crippen LogP contribution in [0, 0.1) is 11.6 Å². The number of hydrogen-bond donors (Lipinski definition) is 3. The number of carbonyl (C=O) groups excluding carboxylic acids is 1. The van der Waals surface area contributed by atoms with Crippen molar-refractivity contribution < 1.29 is 36.9 Å². The molecule has 0 atom stereocenters. The highest BCUT2D eigenvalue weighted by Crippen LogP contribution is 2.58. The van der Waals surface area contributed by atoms with E-state index in [4.69, 9.17) is 20.3 Å². The first-order valence-electron chi connectivity index (χ1n) is 7.71. The average molecular weight is 512 g/mol. The van der Waals surface area contributed by atoms with Gasteiger partial charge >= 0.3 is 5.66 Å². The van der Waals surface area contributed by atoms with E-state index in [9.17, 15) is 22.4 Å². The molecule has 1 aromatic heterocycles. The van der Waals surface area contributed by atoms with Crippen LogP contribution in [-0.4, -0.2) is 15.7 Å². The molecule has 2 aromatic carbocycles. The van der Waals surface area contributed by atoms with E-state index < -0.39 is 36.5 Å². The van der Waals surface area contributed by atoms with Crippen LogP contribution in [0.15, 0.2) is 34.8 Å². The number of thiophene rings is 1. The molecule has 3 aromatic rings. The third-order valence-corrected chi connectivity index (χ3v) is 7.14. The van der Waals surface area contributed by atoms with Gasteiger partial charge in [-0.15, -0.1) is 11.3 Å². The number of alkyl halides is 2. The minimum absolute atomic E-state index is 0.00556. The predicted octanol–water partition coefficient (Wildman–Crippen LogP) is 4.97. The molecular weight excluding hydrogens is 501 g/mol. The van der Waals surface area contributed by atoms with Gasteiger partial charge in [-0.05, 0) is 45.8 Å². The molecule has 1 heterocycles. The van der Waals surface area contributed by atoms with Crippen molar-refractivity contribution in [1.82, 2.24) is 0 Å². The SMILES string of the molecule is NC(=O)c1cc(OCc2ccc(F)c(F)c2)c2sc(C(F)(F)P(O)O)c(Br)c2c1. The smallest absolute Gasteiger partial charge is 0.349 e. The third-order valence-electron chi connectivity index (χ3n) is 3.88. The number of hydrogen-bond acceptors (Lipinski definition) is 5. The van der Waals surface area contributed by atoms with Gasteiger partial charge in [0.05, 0.1) is 9.58 Å². The monoisotopic (exact) mass is 511 g/mol. The first kappa shape index (κ1) is 21.9. The molecule has 0 aliphatic carbocycles. The van der Waals surface area contributed by atoms with Crippen molar-refractivity contribution in [1.29, 1.82) is 0 Å². The first-order chi connectivity index (χ1) is 13.5. The first-order valence-corrected chi connectivity index (χ1v) is 10.6. The quantitative estimate of drug-likeness (QED) is 0.322. The molecule has 0 fully saturated rings. The normalized spacial score (nSPS) is 12.0. The van der Waals surface area contributed by atoms with Gasteiger partial charge < -0.3 is 20.3 Å². The average Bonchev–Trinajstić information content (AvgIpc) is 3.00. The van der Waals surface area contributed by atoms with Gasteiger partial charge in [0.25, 0.3) is 0 Å². The van der Waals surface area contributed by atoms with E-state index in [1.54, 1.807) is 0 Å². The van der Waals surface area contributed by atoms with Crippen molar-refractivity contribution in [3.8, 4) is 5.75 Å². The van der Waals surface area contributed by atoms with Gasteiger partial charge in [-0.1, -0.05) is 6.07 Å². The molecular formula is C17H11BrF4NO4PS. The van der Waals surface area contributed by atoms with E-state index in [1.807, 2.05) is 0 Å². The van der Waals surface area contributed by atoms with Crippen LogP contribution >= 0.6 is 35.6 Å². The standard InChI is InChI=1S/C17H11BrF4NO4PS/c18-13-9-4-8(16(23)24)5-12(14(9)29-15(13)17(21,22)28(25)26)27-6-7-1-2-10(19)11(20)3-7/h1-5,25-26H,6H2,(H2,23,24). The Kier molecular flexibility index (Phi) is 6.16. The van der Waals surface area contributed by atoms with E-state index in [1.165, 1.54) is 18.2 Å². The molecule has 0 aliphatic heterocycles. The lowest BCUT2D eigenvalue weighted by Gasteiger charge is -2.15. The van der Waals surface area contributed by atoms with Crippen LogP contribution in [0.3, 0.4) is 0 Å². The van der Waals surface area contributed by atoms with Crippen LogP contribution in [0.2, 0.25) is 0 Å². The number of carbonyl (C=O) groups is 1. The van der Waals surface area contributed by atoms with E-state index in [0.29, 0.717) is 11.3 Å². The fourth-order valence-electron chi connectivity index (χ4n) is 2.46. The van der Waals surface area contributed by atoms with Gasteiger partial charge in [0.1, 0.15) is 12.4 Å². The minimum Gasteiger partial charge on any atom is -0.487 e. The number of benzene rings is 2. The molecule has 1 amide bonds. The van der Waals surface area contributed by atoms with Crippen molar-refractivity contribution >= 4 is 51.6 Å². The maximum Gasteiger partial charge on any atom is 0.349 e. The van der Waals surface area contributed by atoms with Crippen LogP contribution in [-0.2, 0) is 12.3 Å². The zero-order valence-electron chi connectivity index (χ0n) is 14.1. The van der Waals surface area contributed by atoms with Gasteiger partial charge in [0.2, 0.25) is 14.3 Å². The van der Waals surface area contributed by atoms with E-state index in [2.05, 4.69) is 15.9 Å². The Morgan fingerprint density at radius 2 is 1.90 bits per heavy atom. The summed E-state index contributed by atoms with van der Waals surface area (Å²) in [5.74, 6) is -2.97. The Bertz CT molecular complexity index is 1110. The highest BCUT2D eigenvalue weighted by atomic mass is 79.9. The molecule has 4 N–H and O–H groups in total. The van der Waals surface area contributed by atoms with Crippen molar-refractivity contribution in [3.63, 3.8) is 0 Å². The van der Waals surface area contributed by atoms with E-state index in [-0.39, 0.29) is 38.0 Å². The molecule has 0 aliphatic rings. The van der Waals surface area contributed by atoms with Crippen molar-refractivity contribution in [2.24, 2.45) is 5.73 Å². The minimum atomic E-state index is -3.93. The summed E-state index contributed by atoms with van der Waals surface area (Å²) in [5, 5.41) is 0.151. The summed E-state index contributed by atoms with van der Waals surface area (Å²) < 4.78 is 60.4. The van der Waals surface area contributed by atoms with E-state index in [0.717, 1.165) is 12.1 Å². The Morgan fingerprint density at radius 1 is 1.21 bits per heavy atom. The molecule has 3 rings (SSSR count). The number of fused-ring (bicyclic) bond motifs is 1. The summed E-state index contributed by atoms with van der Waals surface area (Å²) >= 11 is 3.54. The maximum absolute atomic E-state index is 14.2. The second-order valence-electron chi connectivity index (χ2n) is 5.83. The summed E-state index contributed by atoms with van der Waals surface area (Å²) in [5.41, 5.74) is 1.58. The molecule has 154 valence electrons. The van der Waals surface area contributed by atoms with Crippen molar-refractivity contribution in [3.05, 3.63) is 62.4 Å². The maximum atomic E-state index is 14.2. The Hall–Kier alpha value is -1.78. The van der Waals surface area contributed by atoms with Crippen molar-refractivity contribution in [2.75, 3.05) is 0 Å². The highest BCUT2D eigenvalue weighted by molar-refractivity contribution is 9.10. The fourth-order valence-corrected chi connectivity index (χ4v) is 5.24. The fraction of sp³-hybridized carbons (Fsp3) is 0.118. The molecule has 0 bridgehead atoms. The summed E-state index contributed by atoms with van der Waals surface area (Å²) in [6.45, 7) is -0.248. The molecule has 29 heavy (non-hydrogen) atoms. The van der Waals surface area contributed by atoms with Crippen LogP contribution < -0.4 is 10.5 Å². The van der Waals surface area contributed by atoms with Crippen molar-refractivity contribution in [2.45, 2.75) is 12.3 Å². The van der Waals surface area contributed by atoms with Crippen LogP contribution in [0.5, 0.6) is 5.75 Å². The molecule has 5 nitrogen and oxygen atoms in total. The molecule has 0 saturated carbocycles. The Labute approximate surface area is 174 Å². The largest absolute Gasteiger partial charge is 0.487 e. The number of halogens is 5. The van der Waals surface area contributed by atoms with Crippen LogP contribution in [0.4, 0.5) is 17.6 Å². The summed E-state index contributed by atoms with van der Waals surface area (Å²) in [4.78, 5) is 29.1. The second kappa shape index (κ2) is 8.16. The zero-order chi connectivity index (χ0) is 21.5. The van der Waals surface area contributed by atoms with Gasteiger partial charge in [0.15, 0.2) is 11.6 Å². The predicted molar refractivity (Wildman–Crippen MR) is 104 cm³/mol. The molecule has 0 saturated heterocycles. The number of ether oxygens (including phenoxy) is 1. The lowest BCUT2D eigenvalue weighted by molar-refractivity contribution is 0.0766. The number of primary amides is 1. The number of rotatable bonds is 6. The lowest BCUT2D eigenvalue weighted by Crippen LogP contribution is -2.11. The van der Waals surface area contributed by atoms with Crippen LogP contribution in [0.1, 0.15) is 20.8 Å². The summed E-state index contributed by atoms with van der Waals surface area (Å²) in [6.07, 6.45) is 0. The molecule has 0 spiro atoms. The lowest BCUT2D eigenvalue weighted by atomic mass is 10.1. The number of nitrogens with two attached hydrogens (primary N) is 1. The molecule has 12 heteroatoms. The van der Waals surface area contributed by atoms with Gasteiger partial charge in [-0.25, -0.2) is 8.78 Å². The van der Waals surface area contributed by atoms with Crippen LogP contribution in [0.25, 0.3) is 10.1 Å². The Balaban J connectivity index is 2.09. The van der Waals surface area contributed by atoms with Gasteiger partial charge in [-0.2, -0.15) is 8.78 Å². The summed E-state index contributed by atoms with van der Waals surface area (Å²) in [7, 11) is -3.62. The third kappa shape index (κ3) is 4.24. The van der Waals surface area contributed by atoms with E-state index >= 15 is 0 Å². The molecule has 0 radical (unpaired) electrons. The highest BCUT2D eigenvalue weighted by Gasteiger charge is 2.45. The summed E-state index contributed by atoms with van der Waals surface area (Å²) in [6, 6.07) is 5.60. The number of amides is 1. The van der Waals surface area contributed by atoms with Gasteiger partial charge in [-0.3, -0.25) is 4.79 Å². The second-order valence-corrected chi connectivity index (χ2v) is 8.78. The molecule has 0 unspecified atom stereocenters. The topological polar surface area (TPSA) is 92.8 Å². The van der Waals surface area contributed by atoms with Gasteiger partial charge in [0, 0.05) is 15.4 Å². The Morgan fingerprint density at radius 3 is 2.48 bits per heavy atom. The zero-order valence-corrected chi connectivity index (χ0v) is 17.4.